The number of benzene rings is 1. The first-order chi connectivity index (χ1) is 9.19. The van der Waals surface area contributed by atoms with Crippen LogP contribution >= 0.6 is 0 Å². The molecule has 1 aromatic heterocycles. The largest absolute Gasteiger partial charge is 0.494 e. The van der Waals surface area contributed by atoms with Crippen molar-refractivity contribution in [3.63, 3.8) is 0 Å². The van der Waals surface area contributed by atoms with E-state index in [1.807, 2.05) is 24.3 Å². The van der Waals surface area contributed by atoms with Crippen LogP contribution < -0.4 is 10.5 Å². The topological polar surface area (TPSA) is 73.3 Å². The molecule has 102 valence electrons. The standard InChI is InChI=1S/C14H19N3O2/c1-2-7-19-13-5-3-11(4-6-13)14(18)10-17-9-12(15)8-16-17/h3-6,8-9,14,18H,2,7,10,15H2,1H3. The number of ether oxygens (including phenoxy) is 1. The first kappa shape index (κ1) is 13.4. The van der Waals surface area contributed by atoms with E-state index < -0.39 is 6.10 Å². The highest BCUT2D eigenvalue weighted by Crippen LogP contribution is 2.19. The van der Waals surface area contributed by atoms with Crippen molar-refractivity contribution in [1.82, 2.24) is 9.78 Å². The van der Waals surface area contributed by atoms with Crippen LogP contribution in [0.1, 0.15) is 25.0 Å². The fourth-order valence-corrected chi connectivity index (χ4v) is 1.77. The minimum Gasteiger partial charge on any atom is -0.494 e. The molecular weight excluding hydrogens is 242 g/mol. The predicted molar refractivity (Wildman–Crippen MR) is 73.8 cm³/mol. The van der Waals surface area contributed by atoms with Crippen LogP contribution in [0.5, 0.6) is 5.75 Å². The molecule has 1 atom stereocenters. The van der Waals surface area contributed by atoms with E-state index in [0.29, 0.717) is 18.8 Å². The minimum atomic E-state index is -0.612. The molecule has 0 aliphatic heterocycles. The molecule has 1 aromatic carbocycles. The van der Waals surface area contributed by atoms with Gasteiger partial charge in [0.05, 0.1) is 31.1 Å². The summed E-state index contributed by atoms with van der Waals surface area (Å²) in [6, 6.07) is 7.46. The number of aromatic nitrogens is 2. The summed E-state index contributed by atoms with van der Waals surface area (Å²) in [5.41, 5.74) is 7.00. The quantitative estimate of drug-likeness (QED) is 0.834. The van der Waals surface area contributed by atoms with E-state index in [9.17, 15) is 5.11 Å². The molecule has 0 bridgehead atoms. The molecule has 0 fully saturated rings. The Hall–Kier alpha value is -2.01. The average molecular weight is 261 g/mol. The summed E-state index contributed by atoms with van der Waals surface area (Å²) in [6.45, 7) is 3.15. The molecule has 0 aliphatic carbocycles. The highest BCUT2D eigenvalue weighted by atomic mass is 16.5. The Morgan fingerprint density at radius 1 is 1.37 bits per heavy atom. The molecule has 0 saturated heterocycles. The van der Waals surface area contributed by atoms with Crippen LogP contribution in [0.4, 0.5) is 5.69 Å². The van der Waals surface area contributed by atoms with Crippen molar-refractivity contribution >= 4 is 5.69 Å². The maximum Gasteiger partial charge on any atom is 0.119 e. The second-order valence-electron chi connectivity index (χ2n) is 4.43. The molecule has 0 saturated carbocycles. The maximum atomic E-state index is 10.1. The van der Waals surface area contributed by atoms with Gasteiger partial charge in [0.1, 0.15) is 5.75 Å². The fourth-order valence-electron chi connectivity index (χ4n) is 1.77. The summed E-state index contributed by atoms with van der Waals surface area (Å²) in [7, 11) is 0. The van der Waals surface area contributed by atoms with Gasteiger partial charge in [-0.2, -0.15) is 5.10 Å². The second kappa shape index (κ2) is 6.24. The summed E-state index contributed by atoms with van der Waals surface area (Å²) in [5, 5.41) is 14.2. The van der Waals surface area contributed by atoms with Crippen LogP contribution in [0.3, 0.4) is 0 Å². The predicted octanol–water partition coefficient (Wildman–Crippen LogP) is 1.99. The number of hydrogen-bond donors (Lipinski definition) is 2. The third-order valence-electron chi connectivity index (χ3n) is 2.75. The van der Waals surface area contributed by atoms with E-state index in [-0.39, 0.29) is 0 Å². The Morgan fingerprint density at radius 2 is 2.11 bits per heavy atom. The highest BCUT2D eigenvalue weighted by molar-refractivity contribution is 5.31. The van der Waals surface area contributed by atoms with Gasteiger partial charge in [-0.15, -0.1) is 0 Å². The lowest BCUT2D eigenvalue weighted by Crippen LogP contribution is -2.09. The zero-order chi connectivity index (χ0) is 13.7. The van der Waals surface area contributed by atoms with E-state index in [0.717, 1.165) is 17.7 Å². The summed E-state index contributed by atoms with van der Waals surface area (Å²) in [6.07, 6.45) is 3.63. The van der Waals surface area contributed by atoms with Gasteiger partial charge < -0.3 is 15.6 Å². The SMILES string of the molecule is CCCOc1ccc(C(O)Cn2cc(N)cn2)cc1. The van der Waals surface area contributed by atoms with E-state index >= 15 is 0 Å². The molecular formula is C14H19N3O2. The number of anilines is 1. The van der Waals surface area contributed by atoms with E-state index in [4.69, 9.17) is 10.5 Å². The number of aliphatic hydroxyl groups is 1. The normalized spacial score (nSPS) is 12.3. The van der Waals surface area contributed by atoms with Crippen LogP contribution in [0.25, 0.3) is 0 Å². The number of nitrogens with zero attached hydrogens (tertiary/aromatic N) is 2. The molecule has 5 heteroatoms. The van der Waals surface area contributed by atoms with Crippen LogP contribution in [0.15, 0.2) is 36.7 Å². The van der Waals surface area contributed by atoms with Crippen LogP contribution in [-0.2, 0) is 6.54 Å². The van der Waals surface area contributed by atoms with E-state index in [1.54, 1.807) is 17.1 Å². The van der Waals surface area contributed by atoms with Gasteiger partial charge in [-0.3, -0.25) is 4.68 Å². The molecule has 1 unspecified atom stereocenters. The summed E-state index contributed by atoms with van der Waals surface area (Å²) < 4.78 is 7.12. The zero-order valence-corrected chi connectivity index (χ0v) is 11.0. The molecule has 1 heterocycles. The van der Waals surface area contributed by atoms with Gasteiger partial charge >= 0.3 is 0 Å². The van der Waals surface area contributed by atoms with Crippen LogP contribution in [-0.4, -0.2) is 21.5 Å². The second-order valence-corrected chi connectivity index (χ2v) is 4.43. The van der Waals surface area contributed by atoms with Crippen molar-refractivity contribution in [1.29, 1.82) is 0 Å². The summed E-state index contributed by atoms with van der Waals surface area (Å²) in [5.74, 6) is 0.820. The number of aliphatic hydroxyl groups excluding tert-OH is 1. The lowest BCUT2D eigenvalue weighted by atomic mass is 10.1. The Bertz CT molecular complexity index is 508. The summed E-state index contributed by atoms with van der Waals surface area (Å²) in [4.78, 5) is 0. The van der Waals surface area contributed by atoms with Gasteiger partial charge in [0.25, 0.3) is 0 Å². The molecule has 2 aromatic rings. The number of nitrogens with two attached hydrogens (primary N) is 1. The van der Waals surface area contributed by atoms with Crippen molar-refractivity contribution in [2.24, 2.45) is 0 Å². The molecule has 2 rings (SSSR count). The van der Waals surface area contributed by atoms with Crippen molar-refractivity contribution in [2.75, 3.05) is 12.3 Å². The highest BCUT2D eigenvalue weighted by Gasteiger charge is 2.09. The smallest absolute Gasteiger partial charge is 0.119 e. The monoisotopic (exact) mass is 261 g/mol. The van der Waals surface area contributed by atoms with Crippen LogP contribution in [0, 0.1) is 0 Å². The van der Waals surface area contributed by atoms with Gasteiger partial charge in [-0.25, -0.2) is 0 Å². The molecule has 0 aliphatic rings. The zero-order valence-electron chi connectivity index (χ0n) is 11.0. The first-order valence-corrected chi connectivity index (χ1v) is 6.38. The molecule has 5 nitrogen and oxygen atoms in total. The minimum absolute atomic E-state index is 0.381. The van der Waals surface area contributed by atoms with Gasteiger partial charge in [0.2, 0.25) is 0 Å². The van der Waals surface area contributed by atoms with Crippen molar-refractivity contribution in [2.45, 2.75) is 26.0 Å². The van der Waals surface area contributed by atoms with Gasteiger partial charge in [0, 0.05) is 6.20 Å². The summed E-state index contributed by atoms with van der Waals surface area (Å²) >= 11 is 0. The number of nitrogen functional groups attached to an aromatic ring is 1. The Kier molecular flexibility index (Phi) is 4.41. The van der Waals surface area contributed by atoms with Gasteiger partial charge in [0.15, 0.2) is 0 Å². The average Bonchev–Trinajstić information content (AvgIpc) is 2.82. The number of rotatable bonds is 6. The van der Waals surface area contributed by atoms with Crippen molar-refractivity contribution in [3.05, 3.63) is 42.2 Å². The maximum absolute atomic E-state index is 10.1. The van der Waals surface area contributed by atoms with Crippen molar-refractivity contribution < 1.29 is 9.84 Å². The molecule has 19 heavy (non-hydrogen) atoms. The Morgan fingerprint density at radius 3 is 2.68 bits per heavy atom. The third-order valence-corrected chi connectivity index (χ3v) is 2.75. The first-order valence-electron chi connectivity index (χ1n) is 6.38. The molecule has 3 N–H and O–H groups in total. The van der Waals surface area contributed by atoms with Crippen LogP contribution in [0.2, 0.25) is 0 Å². The lowest BCUT2D eigenvalue weighted by Gasteiger charge is -2.12. The molecule has 0 amide bonds. The molecule has 0 radical (unpaired) electrons. The van der Waals surface area contributed by atoms with Gasteiger partial charge in [-0.1, -0.05) is 19.1 Å². The van der Waals surface area contributed by atoms with E-state index in [1.165, 1.54) is 0 Å². The van der Waals surface area contributed by atoms with Gasteiger partial charge in [-0.05, 0) is 24.1 Å². The Balaban J connectivity index is 1.97. The third kappa shape index (κ3) is 3.72. The molecule has 0 spiro atoms. The van der Waals surface area contributed by atoms with E-state index in [2.05, 4.69) is 12.0 Å². The lowest BCUT2D eigenvalue weighted by molar-refractivity contribution is 0.151. The number of hydrogen-bond acceptors (Lipinski definition) is 4. The Labute approximate surface area is 112 Å². The van der Waals surface area contributed by atoms with Crippen molar-refractivity contribution in [3.8, 4) is 5.75 Å². The fraction of sp³-hybridized carbons (Fsp3) is 0.357.